The Morgan fingerprint density at radius 1 is 1.28 bits per heavy atom. The van der Waals surface area contributed by atoms with Crippen molar-refractivity contribution in [2.45, 2.75) is 19.3 Å². The summed E-state index contributed by atoms with van der Waals surface area (Å²) in [5.41, 5.74) is 2.20. The van der Waals surface area contributed by atoms with E-state index >= 15 is 0 Å². The summed E-state index contributed by atoms with van der Waals surface area (Å²) in [6.07, 6.45) is 7.44. The van der Waals surface area contributed by atoms with Gasteiger partial charge in [0.1, 0.15) is 11.4 Å². The smallest absolute Gasteiger partial charge is 0.270 e. The van der Waals surface area contributed by atoms with Crippen LogP contribution in [0.1, 0.15) is 29.2 Å². The molecule has 0 saturated carbocycles. The molecule has 0 spiro atoms. The van der Waals surface area contributed by atoms with Gasteiger partial charge in [-0.25, -0.2) is 4.98 Å². The molecule has 0 radical (unpaired) electrons. The summed E-state index contributed by atoms with van der Waals surface area (Å²) >= 11 is 0. The van der Waals surface area contributed by atoms with Crippen LogP contribution in [0.3, 0.4) is 0 Å². The third-order valence-corrected chi connectivity index (χ3v) is 5.29. The van der Waals surface area contributed by atoms with Crippen LogP contribution in [0.15, 0.2) is 53.4 Å². The third-order valence-electron chi connectivity index (χ3n) is 5.29. The highest BCUT2D eigenvalue weighted by Gasteiger charge is 2.27. The Bertz CT molecular complexity index is 1100. The number of para-hydroxylation sites is 1. The van der Waals surface area contributed by atoms with E-state index in [4.69, 9.17) is 4.52 Å². The molecular weight excluding hydrogens is 368 g/mol. The first-order valence-corrected chi connectivity index (χ1v) is 9.72. The molecule has 0 aliphatic carbocycles. The number of hydrogen-bond donors (Lipinski definition) is 1. The fourth-order valence-corrected chi connectivity index (χ4v) is 3.88. The van der Waals surface area contributed by atoms with Crippen LogP contribution in [-0.2, 0) is 6.42 Å². The molecule has 1 aromatic carbocycles. The van der Waals surface area contributed by atoms with Crippen LogP contribution in [0.4, 0.5) is 0 Å². The maximum absolute atomic E-state index is 13.0. The molecule has 1 N–H and O–H groups in total. The number of nitrogens with zero attached hydrogens (tertiary/aromatic N) is 5. The molecule has 1 fully saturated rings. The maximum atomic E-state index is 13.0. The molecule has 1 aliphatic rings. The molecular formula is C21H20N6O2. The number of amides is 1. The normalized spacial score (nSPS) is 17.0. The number of carbonyl (C=O) groups is 1. The van der Waals surface area contributed by atoms with Gasteiger partial charge in [0.05, 0.1) is 6.20 Å². The van der Waals surface area contributed by atoms with Crippen molar-refractivity contribution in [3.63, 3.8) is 0 Å². The molecule has 4 aromatic rings. The molecule has 1 amide bonds. The van der Waals surface area contributed by atoms with E-state index in [1.165, 1.54) is 0 Å². The Kier molecular flexibility index (Phi) is 4.51. The van der Waals surface area contributed by atoms with Gasteiger partial charge in [0, 0.05) is 42.8 Å². The number of piperidine rings is 1. The molecule has 3 aromatic heterocycles. The summed E-state index contributed by atoms with van der Waals surface area (Å²) in [6, 6.07) is 9.85. The number of rotatable bonds is 4. The molecule has 146 valence electrons. The van der Waals surface area contributed by atoms with E-state index < -0.39 is 0 Å². The van der Waals surface area contributed by atoms with E-state index in [-0.39, 0.29) is 11.8 Å². The predicted molar refractivity (Wildman–Crippen MR) is 106 cm³/mol. The van der Waals surface area contributed by atoms with Crippen molar-refractivity contribution in [2.24, 2.45) is 5.92 Å². The van der Waals surface area contributed by atoms with Gasteiger partial charge >= 0.3 is 0 Å². The summed E-state index contributed by atoms with van der Waals surface area (Å²) in [5, 5.41) is 5.05. The Labute approximate surface area is 167 Å². The number of H-pyrrole nitrogens is 1. The Morgan fingerprint density at radius 2 is 2.21 bits per heavy atom. The van der Waals surface area contributed by atoms with Gasteiger partial charge < -0.3 is 14.4 Å². The second-order valence-electron chi connectivity index (χ2n) is 7.34. The van der Waals surface area contributed by atoms with Crippen molar-refractivity contribution in [3.05, 3.63) is 60.5 Å². The van der Waals surface area contributed by atoms with E-state index in [2.05, 4.69) is 25.1 Å². The standard InChI is InChI=1S/C21H20N6O2/c28-21(17-11-15-5-1-2-6-16(15)24-17)27-9-3-4-14(13-27)10-19-25-20(26-29-19)18-12-22-7-8-23-18/h1-2,5-8,11-12,14,24H,3-4,9-10,13H2/t14-/m0/s1. The number of nitrogens with one attached hydrogen (secondary N) is 1. The van der Waals surface area contributed by atoms with Crippen molar-refractivity contribution in [2.75, 3.05) is 13.1 Å². The van der Waals surface area contributed by atoms with Crippen LogP contribution in [0.25, 0.3) is 22.4 Å². The van der Waals surface area contributed by atoms with Crippen LogP contribution in [0.5, 0.6) is 0 Å². The van der Waals surface area contributed by atoms with Gasteiger partial charge in [-0.3, -0.25) is 9.78 Å². The maximum Gasteiger partial charge on any atom is 0.270 e. The Hall–Kier alpha value is -3.55. The monoisotopic (exact) mass is 388 g/mol. The highest BCUT2D eigenvalue weighted by molar-refractivity contribution is 5.98. The molecule has 1 aliphatic heterocycles. The second kappa shape index (κ2) is 7.46. The lowest BCUT2D eigenvalue weighted by Gasteiger charge is -2.31. The first-order valence-electron chi connectivity index (χ1n) is 9.72. The van der Waals surface area contributed by atoms with Crippen LogP contribution in [0, 0.1) is 5.92 Å². The largest absolute Gasteiger partial charge is 0.351 e. The van der Waals surface area contributed by atoms with Crippen molar-refractivity contribution in [1.29, 1.82) is 0 Å². The number of benzene rings is 1. The van der Waals surface area contributed by atoms with Crippen LogP contribution in [0.2, 0.25) is 0 Å². The first-order chi connectivity index (χ1) is 14.3. The topological polar surface area (TPSA) is 101 Å². The number of aromatic nitrogens is 5. The minimum absolute atomic E-state index is 0.0386. The number of hydrogen-bond acceptors (Lipinski definition) is 6. The van der Waals surface area contributed by atoms with E-state index in [1.54, 1.807) is 18.6 Å². The van der Waals surface area contributed by atoms with Crippen molar-refractivity contribution in [3.8, 4) is 11.5 Å². The fourth-order valence-electron chi connectivity index (χ4n) is 3.88. The molecule has 5 rings (SSSR count). The van der Waals surface area contributed by atoms with Gasteiger partial charge in [0.2, 0.25) is 11.7 Å². The number of carbonyl (C=O) groups excluding carboxylic acids is 1. The Balaban J connectivity index is 1.27. The van der Waals surface area contributed by atoms with E-state index in [0.29, 0.717) is 36.1 Å². The minimum atomic E-state index is 0.0386. The zero-order chi connectivity index (χ0) is 19.6. The lowest BCUT2D eigenvalue weighted by molar-refractivity contribution is 0.0663. The molecule has 8 heteroatoms. The third kappa shape index (κ3) is 3.61. The fraction of sp³-hybridized carbons (Fsp3) is 0.286. The molecule has 0 unspecified atom stereocenters. The molecule has 29 heavy (non-hydrogen) atoms. The van der Waals surface area contributed by atoms with E-state index in [9.17, 15) is 4.79 Å². The van der Waals surface area contributed by atoms with Gasteiger partial charge in [-0.2, -0.15) is 4.98 Å². The number of fused-ring (bicyclic) bond motifs is 1. The van der Waals surface area contributed by atoms with Crippen molar-refractivity contribution in [1.82, 2.24) is 30.0 Å². The van der Waals surface area contributed by atoms with E-state index in [1.807, 2.05) is 35.2 Å². The van der Waals surface area contributed by atoms with Crippen LogP contribution in [-0.4, -0.2) is 49.0 Å². The van der Waals surface area contributed by atoms with Gasteiger partial charge in [-0.05, 0) is 30.9 Å². The van der Waals surface area contributed by atoms with Gasteiger partial charge in [0.25, 0.3) is 5.91 Å². The zero-order valence-electron chi connectivity index (χ0n) is 15.8. The van der Waals surface area contributed by atoms with Crippen LogP contribution >= 0.6 is 0 Å². The van der Waals surface area contributed by atoms with Crippen molar-refractivity contribution >= 4 is 16.8 Å². The van der Waals surface area contributed by atoms with Crippen LogP contribution < -0.4 is 0 Å². The van der Waals surface area contributed by atoms with E-state index in [0.717, 1.165) is 30.3 Å². The average molecular weight is 388 g/mol. The highest BCUT2D eigenvalue weighted by Crippen LogP contribution is 2.24. The molecule has 8 nitrogen and oxygen atoms in total. The summed E-state index contributed by atoms with van der Waals surface area (Å²) in [7, 11) is 0. The minimum Gasteiger partial charge on any atom is -0.351 e. The predicted octanol–water partition coefficient (Wildman–Crippen LogP) is 3.10. The molecule has 0 bridgehead atoms. The summed E-state index contributed by atoms with van der Waals surface area (Å²) in [6.45, 7) is 1.44. The lowest BCUT2D eigenvalue weighted by atomic mass is 9.94. The summed E-state index contributed by atoms with van der Waals surface area (Å²) in [5.74, 6) is 1.33. The molecule has 4 heterocycles. The van der Waals surface area contributed by atoms with Gasteiger partial charge in [0.15, 0.2) is 0 Å². The highest BCUT2D eigenvalue weighted by atomic mass is 16.5. The zero-order valence-corrected chi connectivity index (χ0v) is 15.8. The van der Waals surface area contributed by atoms with Crippen molar-refractivity contribution < 1.29 is 9.32 Å². The van der Waals surface area contributed by atoms with Gasteiger partial charge in [-0.15, -0.1) is 0 Å². The summed E-state index contributed by atoms with van der Waals surface area (Å²) in [4.78, 5) is 30.8. The lowest BCUT2D eigenvalue weighted by Crippen LogP contribution is -2.40. The average Bonchev–Trinajstić information content (AvgIpc) is 3.41. The summed E-state index contributed by atoms with van der Waals surface area (Å²) < 4.78 is 5.40. The Morgan fingerprint density at radius 3 is 3.07 bits per heavy atom. The first kappa shape index (κ1) is 17.5. The van der Waals surface area contributed by atoms with Gasteiger partial charge in [-0.1, -0.05) is 23.4 Å². The molecule has 1 saturated heterocycles. The SMILES string of the molecule is O=C(c1cc2ccccc2[nH]1)N1CCC[C@@H](Cc2nc(-c3cnccn3)no2)C1. The quantitative estimate of drug-likeness (QED) is 0.576. The second-order valence-corrected chi connectivity index (χ2v) is 7.34. The number of likely N-dealkylation sites (tertiary alicyclic amines) is 1. The molecule has 1 atom stereocenters. The number of aromatic amines is 1.